The van der Waals surface area contributed by atoms with Crippen molar-refractivity contribution < 1.29 is 18.8 Å². The molecule has 1 aliphatic heterocycles. The minimum atomic E-state index is -0.135. The summed E-state index contributed by atoms with van der Waals surface area (Å²) < 4.78 is 16.6. The molecule has 0 bridgehead atoms. The Hall–Kier alpha value is -3.25. The minimum Gasteiger partial charge on any atom is -0.497 e. The molecule has 0 radical (unpaired) electrons. The summed E-state index contributed by atoms with van der Waals surface area (Å²) in [5.74, 6) is 1.82. The van der Waals surface area contributed by atoms with Crippen LogP contribution in [0.2, 0.25) is 0 Å². The van der Waals surface area contributed by atoms with Crippen LogP contribution >= 0.6 is 0 Å². The predicted octanol–water partition coefficient (Wildman–Crippen LogP) is 2.44. The molecule has 0 saturated carbocycles. The van der Waals surface area contributed by atoms with Crippen LogP contribution in [0.4, 0.5) is 5.69 Å². The number of methoxy groups -OCH3 is 1. The van der Waals surface area contributed by atoms with Crippen molar-refractivity contribution >= 4 is 5.69 Å². The average molecular weight is 422 g/mol. The second kappa shape index (κ2) is 9.71. The summed E-state index contributed by atoms with van der Waals surface area (Å²) in [6.45, 7) is 6.99. The molecule has 1 aliphatic rings. The lowest BCUT2D eigenvalue weighted by Gasteiger charge is -2.33. The number of anilines is 1. The van der Waals surface area contributed by atoms with Gasteiger partial charge in [-0.05, 0) is 36.8 Å². The SMILES string of the molecule is COc1ccc(N2CC[NH+](Cc3cc(=O)c(OCc4ccc(C)cc4)co3)CC2)cc1. The van der Waals surface area contributed by atoms with E-state index in [9.17, 15) is 4.79 Å². The molecule has 0 amide bonds. The van der Waals surface area contributed by atoms with E-state index in [0.717, 1.165) is 37.5 Å². The highest BCUT2D eigenvalue weighted by molar-refractivity contribution is 5.49. The Morgan fingerprint density at radius 1 is 1.03 bits per heavy atom. The Labute approximate surface area is 182 Å². The first-order valence-electron chi connectivity index (χ1n) is 10.6. The van der Waals surface area contributed by atoms with Gasteiger partial charge in [-0.3, -0.25) is 4.79 Å². The van der Waals surface area contributed by atoms with Crippen LogP contribution in [-0.4, -0.2) is 33.3 Å². The zero-order valence-corrected chi connectivity index (χ0v) is 18.1. The lowest BCUT2D eigenvalue weighted by molar-refractivity contribution is -0.915. The molecule has 0 aliphatic carbocycles. The van der Waals surface area contributed by atoms with Gasteiger partial charge < -0.3 is 23.7 Å². The molecule has 0 unspecified atom stereocenters. The van der Waals surface area contributed by atoms with Crippen LogP contribution in [0.25, 0.3) is 0 Å². The Morgan fingerprint density at radius 2 is 1.74 bits per heavy atom. The fourth-order valence-corrected chi connectivity index (χ4v) is 3.78. The lowest BCUT2D eigenvalue weighted by atomic mass is 10.2. The van der Waals surface area contributed by atoms with E-state index in [1.165, 1.54) is 22.4 Å². The first-order valence-corrected chi connectivity index (χ1v) is 10.6. The molecule has 2 aromatic carbocycles. The molecule has 1 fully saturated rings. The monoisotopic (exact) mass is 421 g/mol. The number of aryl methyl sites for hydroxylation is 1. The van der Waals surface area contributed by atoms with E-state index in [2.05, 4.69) is 17.0 Å². The lowest BCUT2D eigenvalue weighted by Crippen LogP contribution is -3.13. The van der Waals surface area contributed by atoms with E-state index in [1.807, 2.05) is 43.3 Å². The van der Waals surface area contributed by atoms with Crippen LogP contribution in [0.1, 0.15) is 16.9 Å². The molecule has 4 rings (SSSR count). The van der Waals surface area contributed by atoms with Crippen molar-refractivity contribution in [1.29, 1.82) is 0 Å². The summed E-state index contributed by atoms with van der Waals surface area (Å²) in [5, 5.41) is 0. The van der Waals surface area contributed by atoms with E-state index < -0.39 is 0 Å². The summed E-state index contributed by atoms with van der Waals surface area (Å²) in [7, 11) is 1.68. The predicted molar refractivity (Wildman–Crippen MR) is 120 cm³/mol. The van der Waals surface area contributed by atoms with Gasteiger partial charge in [0.05, 0.1) is 33.3 Å². The molecule has 1 saturated heterocycles. The normalized spacial score (nSPS) is 14.5. The number of benzene rings is 2. The summed E-state index contributed by atoms with van der Waals surface area (Å²) in [5.41, 5.74) is 3.29. The van der Waals surface area contributed by atoms with Crippen LogP contribution in [0, 0.1) is 6.92 Å². The molecule has 6 nitrogen and oxygen atoms in total. The number of ether oxygens (including phenoxy) is 2. The standard InChI is InChI=1S/C25H28N2O4/c1-19-3-5-20(6-4-19)17-31-25-18-30-23(15-24(25)28)16-26-11-13-27(14-12-26)21-7-9-22(29-2)10-8-21/h3-10,15,18H,11-14,16-17H2,1-2H3/p+1. The number of nitrogens with zero attached hydrogens (tertiary/aromatic N) is 1. The van der Waals surface area contributed by atoms with Gasteiger partial charge >= 0.3 is 0 Å². The van der Waals surface area contributed by atoms with E-state index in [4.69, 9.17) is 13.9 Å². The maximum Gasteiger partial charge on any atom is 0.227 e. The molecule has 162 valence electrons. The van der Waals surface area contributed by atoms with Gasteiger partial charge in [0, 0.05) is 11.8 Å². The third-order valence-electron chi connectivity index (χ3n) is 5.70. The van der Waals surface area contributed by atoms with Crippen molar-refractivity contribution in [3.05, 3.63) is 88.0 Å². The number of rotatable bonds is 7. The summed E-state index contributed by atoms with van der Waals surface area (Å²) in [6, 6.07) is 17.8. The third-order valence-corrected chi connectivity index (χ3v) is 5.70. The summed E-state index contributed by atoms with van der Waals surface area (Å²) >= 11 is 0. The highest BCUT2D eigenvalue weighted by atomic mass is 16.5. The number of nitrogens with one attached hydrogen (secondary N) is 1. The van der Waals surface area contributed by atoms with Gasteiger partial charge in [0.2, 0.25) is 11.2 Å². The van der Waals surface area contributed by atoms with Gasteiger partial charge in [-0.2, -0.15) is 0 Å². The van der Waals surface area contributed by atoms with E-state index in [0.29, 0.717) is 18.9 Å². The number of hydrogen-bond donors (Lipinski definition) is 1. The largest absolute Gasteiger partial charge is 0.497 e. The highest BCUT2D eigenvalue weighted by Gasteiger charge is 2.21. The zero-order chi connectivity index (χ0) is 21.6. The first kappa shape index (κ1) is 21.0. The molecule has 31 heavy (non-hydrogen) atoms. The first-order chi connectivity index (χ1) is 15.1. The van der Waals surface area contributed by atoms with E-state index >= 15 is 0 Å². The van der Waals surface area contributed by atoms with Crippen molar-refractivity contribution in [1.82, 2.24) is 0 Å². The van der Waals surface area contributed by atoms with E-state index in [-0.39, 0.29) is 11.2 Å². The third kappa shape index (κ3) is 5.47. The molecule has 2 heterocycles. The van der Waals surface area contributed by atoms with Crippen molar-refractivity contribution in [2.75, 3.05) is 38.2 Å². The van der Waals surface area contributed by atoms with Crippen LogP contribution in [0.3, 0.4) is 0 Å². The summed E-state index contributed by atoms with van der Waals surface area (Å²) in [6.07, 6.45) is 1.44. The molecule has 1 aromatic heterocycles. The Kier molecular flexibility index (Phi) is 6.57. The number of hydrogen-bond acceptors (Lipinski definition) is 5. The number of piperazine rings is 1. The van der Waals surface area contributed by atoms with Gasteiger partial charge in [0.25, 0.3) is 0 Å². The van der Waals surface area contributed by atoms with E-state index in [1.54, 1.807) is 13.2 Å². The quantitative estimate of drug-likeness (QED) is 0.635. The second-order valence-corrected chi connectivity index (χ2v) is 7.96. The van der Waals surface area contributed by atoms with Crippen molar-refractivity contribution in [3.63, 3.8) is 0 Å². The van der Waals surface area contributed by atoms with Crippen molar-refractivity contribution in [2.45, 2.75) is 20.1 Å². The molecule has 1 N–H and O–H groups in total. The molecular formula is C25H29N2O4+. The van der Waals surface area contributed by atoms with Gasteiger partial charge in [0.15, 0.2) is 5.76 Å². The highest BCUT2D eigenvalue weighted by Crippen LogP contribution is 2.19. The smallest absolute Gasteiger partial charge is 0.227 e. The maximum atomic E-state index is 12.4. The Morgan fingerprint density at radius 3 is 2.39 bits per heavy atom. The van der Waals surface area contributed by atoms with Crippen LogP contribution < -0.4 is 24.7 Å². The maximum absolute atomic E-state index is 12.4. The molecule has 6 heteroatoms. The Balaban J connectivity index is 1.29. The second-order valence-electron chi connectivity index (χ2n) is 7.96. The Bertz CT molecular complexity index is 1040. The topological polar surface area (TPSA) is 56.4 Å². The fourth-order valence-electron chi connectivity index (χ4n) is 3.78. The molecular weight excluding hydrogens is 392 g/mol. The fraction of sp³-hybridized carbons (Fsp3) is 0.320. The van der Waals surface area contributed by atoms with Gasteiger partial charge in [-0.15, -0.1) is 0 Å². The molecule has 0 atom stereocenters. The molecule has 0 spiro atoms. The minimum absolute atomic E-state index is 0.135. The average Bonchev–Trinajstić information content (AvgIpc) is 2.80. The van der Waals surface area contributed by atoms with Crippen molar-refractivity contribution in [3.8, 4) is 11.5 Å². The van der Waals surface area contributed by atoms with Crippen LogP contribution in [-0.2, 0) is 13.2 Å². The van der Waals surface area contributed by atoms with Crippen LogP contribution in [0.15, 0.2) is 70.1 Å². The zero-order valence-electron chi connectivity index (χ0n) is 18.1. The van der Waals surface area contributed by atoms with Gasteiger partial charge in [-0.25, -0.2) is 0 Å². The van der Waals surface area contributed by atoms with Gasteiger partial charge in [0.1, 0.15) is 25.2 Å². The number of quaternary nitrogens is 1. The van der Waals surface area contributed by atoms with Crippen LogP contribution in [0.5, 0.6) is 11.5 Å². The van der Waals surface area contributed by atoms with Gasteiger partial charge in [-0.1, -0.05) is 29.8 Å². The summed E-state index contributed by atoms with van der Waals surface area (Å²) in [4.78, 5) is 16.2. The molecule has 3 aromatic rings. The van der Waals surface area contributed by atoms with Crippen molar-refractivity contribution in [2.24, 2.45) is 0 Å².